The molecule has 1 amide bonds. The number of carboxylic acid groups (broad SMARTS) is 1. The molecule has 0 bridgehead atoms. The molecule has 0 aromatic carbocycles. The zero-order valence-corrected chi connectivity index (χ0v) is 9.82. The Morgan fingerprint density at radius 2 is 2.28 bits per heavy atom. The van der Waals surface area contributed by atoms with Crippen LogP contribution in [0.3, 0.4) is 0 Å². The molecule has 5 nitrogen and oxygen atoms in total. The normalized spacial score (nSPS) is 14.7. The molecule has 94 valence electrons. The number of amides is 1. The summed E-state index contributed by atoms with van der Waals surface area (Å²) in [5, 5.41) is 8.77. The van der Waals surface area contributed by atoms with Gasteiger partial charge < -0.3 is 10.0 Å². The average molecular weight is 246 g/mol. The summed E-state index contributed by atoms with van der Waals surface area (Å²) in [5.41, 5.74) is 0.817. The first-order chi connectivity index (χ1) is 8.66. The standard InChI is InChI=1S/C13H14N2O3/c16-12(6-3-10-2-1-7-14-8-10)15(9-13(17)18)11-4-5-11/h1-3,6-8,11H,4-5,9H2,(H,17,18). The zero-order chi connectivity index (χ0) is 13.0. The Hall–Kier alpha value is -2.17. The summed E-state index contributed by atoms with van der Waals surface area (Å²) >= 11 is 0. The number of aromatic nitrogens is 1. The molecule has 0 radical (unpaired) electrons. The minimum atomic E-state index is -0.981. The average Bonchev–Trinajstić information content (AvgIpc) is 3.18. The van der Waals surface area contributed by atoms with Gasteiger partial charge in [-0.15, -0.1) is 0 Å². The van der Waals surface area contributed by atoms with Gasteiger partial charge in [-0.2, -0.15) is 0 Å². The first-order valence-electron chi connectivity index (χ1n) is 5.77. The summed E-state index contributed by atoms with van der Waals surface area (Å²) in [6.07, 6.45) is 8.12. The van der Waals surface area contributed by atoms with Crippen LogP contribution in [0.5, 0.6) is 0 Å². The number of carbonyl (C=O) groups excluding carboxylic acids is 1. The maximum absolute atomic E-state index is 11.9. The van der Waals surface area contributed by atoms with Gasteiger partial charge in [-0.05, 0) is 30.5 Å². The maximum Gasteiger partial charge on any atom is 0.323 e. The topological polar surface area (TPSA) is 70.5 Å². The van der Waals surface area contributed by atoms with Gasteiger partial charge in [-0.3, -0.25) is 14.6 Å². The molecular weight excluding hydrogens is 232 g/mol. The SMILES string of the molecule is O=C(O)CN(C(=O)C=Cc1cccnc1)C1CC1. The molecule has 1 saturated carbocycles. The van der Waals surface area contributed by atoms with Crippen molar-refractivity contribution in [2.75, 3.05) is 6.54 Å². The second-order valence-corrected chi connectivity index (χ2v) is 4.21. The quantitative estimate of drug-likeness (QED) is 0.792. The number of pyridine rings is 1. The van der Waals surface area contributed by atoms with Crippen LogP contribution in [0.1, 0.15) is 18.4 Å². The van der Waals surface area contributed by atoms with Gasteiger partial charge in [0.2, 0.25) is 5.91 Å². The van der Waals surface area contributed by atoms with E-state index in [2.05, 4.69) is 4.98 Å². The van der Waals surface area contributed by atoms with Crippen LogP contribution >= 0.6 is 0 Å². The van der Waals surface area contributed by atoms with E-state index < -0.39 is 5.97 Å². The summed E-state index contributed by atoms with van der Waals surface area (Å²) < 4.78 is 0. The third-order valence-electron chi connectivity index (χ3n) is 2.68. The van der Waals surface area contributed by atoms with Gasteiger partial charge in [0.15, 0.2) is 0 Å². The largest absolute Gasteiger partial charge is 0.480 e. The van der Waals surface area contributed by atoms with Crippen molar-refractivity contribution < 1.29 is 14.7 Å². The van der Waals surface area contributed by atoms with Crippen LogP contribution in [0.15, 0.2) is 30.6 Å². The van der Waals surface area contributed by atoms with Gasteiger partial charge >= 0.3 is 5.97 Å². The van der Waals surface area contributed by atoms with Crippen LogP contribution in [-0.2, 0) is 9.59 Å². The fraction of sp³-hybridized carbons (Fsp3) is 0.308. The Bertz CT molecular complexity index is 466. The molecule has 1 aromatic rings. The van der Waals surface area contributed by atoms with E-state index in [1.165, 1.54) is 11.0 Å². The fourth-order valence-electron chi connectivity index (χ4n) is 1.66. The highest BCUT2D eigenvalue weighted by Crippen LogP contribution is 2.26. The second kappa shape index (κ2) is 5.44. The third-order valence-corrected chi connectivity index (χ3v) is 2.68. The van der Waals surface area contributed by atoms with Crippen molar-refractivity contribution in [3.05, 3.63) is 36.2 Å². The van der Waals surface area contributed by atoms with Crippen LogP contribution in [-0.4, -0.2) is 39.5 Å². The van der Waals surface area contributed by atoms with Crippen LogP contribution in [0.2, 0.25) is 0 Å². The first kappa shape index (κ1) is 12.3. The number of aliphatic carboxylic acids is 1. The van der Waals surface area contributed by atoms with E-state index in [-0.39, 0.29) is 18.5 Å². The summed E-state index contributed by atoms with van der Waals surface area (Å²) in [6, 6.07) is 3.70. The summed E-state index contributed by atoms with van der Waals surface area (Å²) in [4.78, 5) is 27.9. The van der Waals surface area contributed by atoms with Crippen LogP contribution < -0.4 is 0 Å². The molecule has 2 rings (SSSR count). The molecule has 1 fully saturated rings. The Balaban J connectivity index is 2.01. The molecule has 5 heteroatoms. The van der Waals surface area contributed by atoms with E-state index in [0.29, 0.717) is 0 Å². The lowest BCUT2D eigenvalue weighted by Crippen LogP contribution is -2.36. The molecule has 1 aliphatic carbocycles. The number of hydrogen-bond acceptors (Lipinski definition) is 3. The second-order valence-electron chi connectivity index (χ2n) is 4.21. The van der Waals surface area contributed by atoms with E-state index >= 15 is 0 Å². The van der Waals surface area contributed by atoms with Crippen LogP contribution in [0, 0.1) is 0 Å². The zero-order valence-electron chi connectivity index (χ0n) is 9.82. The van der Waals surface area contributed by atoms with Gasteiger partial charge in [0.1, 0.15) is 6.54 Å². The van der Waals surface area contributed by atoms with Crippen molar-refractivity contribution in [2.45, 2.75) is 18.9 Å². The lowest BCUT2D eigenvalue weighted by atomic mass is 10.2. The minimum Gasteiger partial charge on any atom is -0.480 e. The fourth-order valence-corrected chi connectivity index (χ4v) is 1.66. The van der Waals surface area contributed by atoms with Crippen LogP contribution in [0.25, 0.3) is 6.08 Å². The van der Waals surface area contributed by atoms with E-state index in [0.717, 1.165) is 18.4 Å². The molecule has 0 saturated heterocycles. The highest BCUT2D eigenvalue weighted by atomic mass is 16.4. The number of hydrogen-bond donors (Lipinski definition) is 1. The van der Waals surface area contributed by atoms with E-state index in [4.69, 9.17) is 5.11 Å². The molecule has 1 aliphatic rings. The van der Waals surface area contributed by atoms with Gasteiger partial charge in [-0.25, -0.2) is 0 Å². The molecule has 0 unspecified atom stereocenters. The highest BCUT2D eigenvalue weighted by molar-refractivity contribution is 5.93. The number of carboxylic acids is 1. The van der Waals surface area contributed by atoms with Gasteiger partial charge in [0.05, 0.1) is 0 Å². The predicted molar refractivity (Wildman–Crippen MR) is 65.6 cm³/mol. The van der Waals surface area contributed by atoms with Crippen molar-refractivity contribution in [1.29, 1.82) is 0 Å². The summed E-state index contributed by atoms with van der Waals surface area (Å²) in [5.74, 6) is -1.24. The maximum atomic E-state index is 11.9. The van der Waals surface area contributed by atoms with Crippen molar-refractivity contribution in [1.82, 2.24) is 9.88 Å². The smallest absolute Gasteiger partial charge is 0.323 e. The van der Waals surface area contributed by atoms with Crippen LogP contribution in [0.4, 0.5) is 0 Å². The molecule has 0 atom stereocenters. The predicted octanol–water partition coefficient (Wildman–Crippen LogP) is 1.17. The minimum absolute atomic E-state index is 0.0900. The number of rotatable bonds is 5. The lowest BCUT2D eigenvalue weighted by molar-refractivity contribution is -0.143. The Labute approximate surface area is 105 Å². The molecular formula is C13H14N2O3. The number of nitrogens with zero attached hydrogens (tertiary/aromatic N) is 2. The van der Waals surface area contributed by atoms with Crippen molar-refractivity contribution in [3.8, 4) is 0 Å². The summed E-state index contributed by atoms with van der Waals surface area (Å²) in [6.45, 7) is -0.235. The lowest BCUT2D eigenvalue weighted by Gasteiger charge is -2.17. The van der Waals surface area contributed by atoms with E-state index in [9.17, 15) is 9.59 Å². The first-order valence-corrected chi connectivity index (χ1v) is 5.77. The Morgan fingerprint density at radius 1 is 1.50 bits per heavy atom. The molecule has 1 N–H and O–H groups in total. The Morgan fingerprint density at radius 3 is 2.83 bits per heavy atom. The van der Waals surface area contributed by atoms with Crippen molar-refractivity contribution >= 4 is 18.0 Å². The monoisotopic (exact) mass is 246 g/mol. The van der Waals surface area contributed by atoms with Crippen molar-refractivity contribution in [2.24, 2.45) is 0 Å². The van der Waals surface area contributed by atoms with Gasteiger partial charge in [0.25, 0.3) is 0 Å². The summed E-state index contributed by atoms with van der Waals surface area (Å²) in [7, 11) is 0. The van der Waals surface area contributed by atoms with E-state index in [1.807, 2.05) is 6.07 Å². The molecule has 1 aromatic heterocycles. The molecule has 0 aliphatic heterocycles. The molecule has 0 spiro atoms. The third kappa shape index (κ3) is 3.41. The molecule has 18 heavy (non-hydrogen) atoms. The Kier molecular flexibility index (Phi) is 3.72. The van der Waals surface area contributed by atoms with E-state index in [1.54, 1.807) is 24.5 Å². The highest BCUT2D eigenvalue weighted by Gasteiger charge is 2.32. The van der Waals surface area contributed by atoms with Crippen molar-refractivity contribution in [3.63, 3.8) is 0 Å². The van der Waals surface area contributed by atoms with Gasteiger partial charge in [0, 0.05) is 24.5 Å². The molecule has 1 heterocycles. The van der Waals surface area contributed by atoms with Gasteiger partial charge in [-0.1, -0.05) is 6.07 Å². The number of carbonyl (C=O) groups is 2.